The number of piperidine rings is 1. The number of benzene rings is 2. The first-order valence-corrected chi connectivity index (χ1v) is 10.5. The number of hydrogen-bond donors (Lipinski definition) is 1. The molecule has 0 bridgehead atoms. The molecular formula is C19H20ClFN2O4S. The Labute approximate surface area is 168 Å². The van der Waals surface area contributed by atoms with E-state index in [9.17, 15) is 17.6 Å². The summed E-state index contributed by atoms with van der Waals surface area (Å²) in [6, 6.07) is 9.53. The van der Waals surface area contributed by atoms with Crippen molar-refractivity contribution < 1.29 is 22.3 Å². The van der Waals surface area contributed by atoms with E-state index in [4.69, 9.17) is 16.3 Å². The van der Waals surface area contributed by atoms with Gasteiger partial charge in [-0.25, -0.2) is 12.8 Å². The summed E-state index contributed by atoms with van der Waals surface area (Å²) in [6.45, 7) is 0.360. The van der Waals surface area contributed by atoms with Gasteiger partial charge in [0.15, 0.2) is 0 Å². The molecular weight excluding hydrogens is 407 g/mol. The Hall–Kier alpha value is -2.16. The zero-order valence-electron chi connectivity index (χ0n) is 15.2. The maximum Gasteiger partial charge on any atom is 0.243 e. The molecule has 1 atom stereocenters. The highest BCUT2D eigenvalue weighted by molar-refractivity contribution is 7.89. The number of carbonyl (C=O) groups excluding carboxylic acids is 1. The molecule has 1 amide bonds. The molecule has 1 heterocycles. The van der Waals surface area contributed by atoms with E-state index in [-0.39, 0.29) is 17.3 Å². The minimum absolute atomic E-state index is 0.00599. The van der Waals surface area contributed by atoms with E-state index in [1.54, 1.807) is 18.2 Å². The zero-order valence-corrected chi connectivity index (χ0v) is 16.8. The lowest BCUT2D eigenvalue weighted by atomic mass is 9.98. The summed E-state index contributed by atoms with van der Waals surface area (Å²) in [5.41, 5.74) is 0.429. The number of halogens is 2. The summed E-state index contributed by atoms with van der Waals surface area (Å²) in [5.74, 6) is -0.873. The minimum Gasteiger partial charge on any atom is -0.495 e. The zero-order chi connectivity index (χ0) is 20.3. The van der Waals surface area contributed by atoms with Crippen LogP contribution < -0.4 is 10.1 Å². The molecule has 6 nitrogen and oxygen atoms in total. The second-order valence-electron chi connectivity index (χ2n) is 6.49. The van der Waals surface area contributed by atoms with Gasteiger partial charge < -0.3 is 10.1 Å². The average molecular weight is 427 g/mol. The Morgan fingerprint density at radius 2 is 1.96 bits per heavy atom. The molecule has 0 aliphatic carbocycles. The smallest absolute Gasteiger partial charge is 0.243 e. The largest absolute Gasteiger partial charge is 0.495 e. The summed E-state index contributed by atoms with van der Waals surface area (Å²) in [6.07, 6.45) is 1.11. The van der Waals surface area contributed by atoms with Gasteiger partial charge in [-0.15, -0.1) is 0 Å². The Balaban J connectivity index is 1.75. The number of nitrogens with one attached hydrogen (secondary N) is 1. The number of hydrogen-bond acceptors (Lipinski definition) is 4. The molecule has 0 spiro atoms. The van der Waals surface area contributed by atoms with Crippen LogP contribution in [0.4, 0.5) is 10.1 Å². The van der Waals surface area contributed by atoms with Gasteiger partial charge >= 0.3 is 0 Å². The maximum atomic E-state index is 13.1. The molecule has 3 rings (SSSR count). The Bertz CT molecular complexity index is 966. The van der Waals surface area contributed by atoms with Crippen LogP contribution >= 0.6 is 11.6 Å². The molecule has 1 fully saturated rings. The van der Waals surface area contributed by atoms with Crippen LogP contribution in [0, 0.1) is 11.7 Å². The lowest BCUT2D eigenvalue weighted by molar-refractivity contribution is -0.120. The minimum atomic E-state index is -3.80. The number of sulfonamides is 1. The van der Waals surface area contributed by atoms with E-state index in [2.05, 4.69) is 5.32 Å². The van der Waals surface area contributed by atoms with Gasteiger partial charge in [0.05, 0.1) is 23.6 Å². The van der Waals surface area contributed by atoms with Gasteiger partial charge in [0, 0.05) is 18.1 Å². The van der Waals surface area contributed by atoms with E-state index in [1.165, 1.54) is 23.5 Å². The van der Waals surface area contributed by atoms with Crippen molar-refractivity contribution in [1.82, 2.24) is 4.31 Å². The Morgan fingerprint density at radius 3 is 2.64 bits per heavy atom. The van der Waals surface area contributed by atoms with Gasteiger partial charge in [0.1, 0.15) is 11.6 Å². The standard InChI is InChI=1S/C19H20ClFN2O4S/c1-27-18-9-4-14(20)11-17(18)22-19(24)13-3-2-10-23(12-13)28(25,26)16-7-5-15(21)6-8-16/h4-9,11,13H,2-3,10,12H2,1H3,(H,22,24). The summed E-state index contributed by atoms with van der Waals surface area (Å²) in [7, 11) is -2.31. The SMILES string of the molecule is COc1ccc(Cl)cc1NC(=O)C1CCCN(S(=O)(=O)c2ccc(F)cc2)C1. The van der Waals surface area contributed by atoms with Crippen LogP contribution in [-0.4, -0.2) is 38.8 Å². The Morgan fingerprint density at radius 1 is 1.25 bits per heavy atom. The fourth-order valence-electron chi connectivity index (χ4n) is 3.14. The van der Waals surface area contributed by atoms with Crippen molar-refractivity contribution in [2.75, 3.05) is 25.5 Å². The number of amides is 1. The highest BCUT2D eigenvalue weighted by Crippen LogP contribution is 2.30. The Kier molecular flexibility index (Phi) is 6.22. The van der Waals surface area contributed by atoms with Crippen LogP contribution in [0.2, 0.25) is 5.02 Å². The molecule has 28 heavy (non-hydrogen) atoms. The van der Waals surface area contributed by atoms with Gasteiger partial charge in [0.25, 0.3) is 0 Å². The van der Waals surface area contributed by atoms with Crippen LogP contribution in [0.25, 0.3) is 0 Å². The number of anilines is 1. The molecule has 1 aliphatic heterocycles. The van der Waals surface area contributed by atoms with Gasteiger partial charge in [-0.1, -0.05) is 11.6 Å². The molecule has 1 saturated heterocycles. The molecule has 0 saturated carbocycles. The third-order valence-electron chi connectivity index (χ3n) is 4.63. The predicted molar refractivity (Wildman–Crippen MR) is 105 cm³/mol. The normalized spacial score (nSPS) is 17.9. The average Bonchev–Trinajstić information content (AvgIpc) is 2.68. The van der Waals surface area contributed by atoms with E-state index in [0.717, 1.165) is 12.1 Å². The summed E-state index contributed by atoms with van der Waals surface area (Å²) in [5, 5.41) is 3.22. The number of rotatable bonds is 5. The van der Waals surface area contributed by atoms with Crippen molar-refractivity contribution in [3.63, 3.8) is 0 Å². The van der Waals surface area contributed by atoms with Gasteiger partial charge in [-0.2, -0.15) is 4.31 Å². The van der Waals surface area contributed by atoms with E-state index in [0.29, 0.717) is 35.8 Å². The first kappa shape index (κ1) is 20.6. The number of carbonyl (C=O) groups is 1. The molecule has 0 radical (unpaired) electrons. The van der Waals surface area contributed by atoms with Gasteiger partial charge in [-0.05, 0) is 55.3 Å². The number of methoxy groups -OCH3 is 1. The molecule has 9 heteroatoms. The second kappa shape index (κ2) is 8.46. The van der Waals surface area contributed by atoms with Crippen molar-refractivity contribution in [2.24, 2.45) is 5.92 Å². The van der Waals surface area contributed by atoms with E-state index < -0.39 is 21.8 Å². The molecule has 1 N–H and O–H groups in total. The first-order valence-electron chi connectivity index (χ1n) is 8.71. The van der Waals surface area contributed by atoms with Crippen molar-refractivity contribution in [3.8, 4) is 5.75 Å². The van der Waals surface area contributed by atoms with Crippen LogP contribution in [0.1, 0.15) is 12.8 Å². The van der Waals surface area contributed by atoms with Crippen molar-refractivity contribution >= 4 is 33.2 Å². The quantitative estimate of drug-likeness (QED) is 0.793. The fraction of sp³-hybridized carbons (Fsp3) is 0.316. The summed E-state index contributed by atoms with van der Waals surface area (Å²) in [4.78, 5) is 12.7. The third kappa shape index (κ3) is 4.45. The van der Waals surface area contributed by atoms with Crippen molar-refractivity contribution in [3.05, 3.63) is 53.3 Å². The number of ether oxygens (including phenoxy) is 1. The lowest BCUT2D eigenvalue weighted by Gasteiger charge is -2.31. The predicted octanol–water partition coefficient (Wildman–Crippen LogP) is 3.53. The molecule has 2 aromatic rings. The van der Waals surface area contributed by atoms with Crippen LogP contribution in [0.15, 0.2) is 47.4 Å². The molecule has 1 unspecified atom stereocenters. The van der Waals surface area contributed by atoms with Crippen LogP contribution in [0.3, 0.4) is 0 Å². The van der Waals surface area contributed by atoms with Gasteiger partial charge in [0.2, 0.25) is 15.9 Å². The number of nitrogens with zero attached hydrogens (tertiary/aromatic N) is 1. The second-order valence-corrected chi connectivity index (χ2v) is 8.86. The van der Waals surface area contributed by atoms with Crippen molar-refractivity contribution in [2.45, 2.75) is 17.7 Å². The first-order chi connectivity index (χ1) is 13.3. The van der Waals surface area contributed by atoms with E-state index >= 15 is 0 Å². The summed E-state index contributed by atoms with van der Waals surface area (Å²) < 4.78 is 45.2. The molecule has 150 valence electrons. The van der Waals surface area contributed by atoms with Crippen LogP contribution in [-0.2, 0) is 14.8 Å². The van der Waals surface area contributed by atoms with Gasteiger partial charge in [-0.3, -0.25) is 4.79 Å². The third-order valence-corrected chi connectivity index (χ3v) is 6.74. The highest BCUT2D eigenvalue weighted by Gasteiger charge is 2.33. The topological polar surface area (TPSA) is 75.7 Å². The molecule has 0 aromatic heterocycles. The highest BCUT2D eigenvalue weighted by atomic mass is 35.5. The molecule has 2 aromatic carbocycles. The van der Waals surface area contributed by atoms with E-state index in [1.807, 2.05) is 0 Å². The lowest BCUT2D eigenvalue weighted by Crippen LogP contribution is -2.43. The molecule has 1 aliphatic rings. The monoisotopic (exact) mass is 426 g/mol. The summed E-state index contributed by atoms with van der Waals surface area (Å²) >= 11 is 5.98. The fourth-order valence-corrected chi connectivity index (χ4v) is 4.84. The van der Waals surface area contributed by atoms with Crippen molar-refractivity contribution in [1.29, 1.82) is 0 Å². The maximum absolute atomic E-state index is 13.1. The van der Waals surface area contributed by atoms with Crippen LogP contribution in [0.5, 0.6) is 5.75 Å².